The fourth-order valence-electron chi connectivity index (χ4n) is 2.63. The average Bonchev–Trinajstić information content (AvgIpc) is 2.53. The summed E-state index contributed by atoms with van der Waals surface area (Å²) >= 11 is 7.57. The lowest BCUT2D eigenvalue weighted by atomic mass is 10.1. The van der Waals surface area contributed by atoms with Gasteiger partial charge in [-0.2, -0.15) is 8.88 Å². The zero-order valence-electron chi connectivity index (χ0n) is 15.2. The van der Waals surface area contributed by atoms with Crippen LogP contribution < -0.4 is 4.58 Å². The first kappa shape index (κ1) is 19.3. The minimum atomic E-state index is 0.730. The highest BCUT2D eigenvalue weighted by Gasteiger charge is 2.17. The molecule has 2 rings (SSSR count). The first-order chi connectivity index (χ1) is 11.8. The third kappa shape index (κ3) is 5.00. The highest BCUT2D eigenvalue weighted by atomic mass is 35.5. The van der Waals surface area contributed by atoms with Gasteiger partial charge in [0.15, 0.2) is 12.1 Å². The topological polar surface area (TPSA) is 33.3 Å². The molecule has 0 amide bonds. The van der Waals surface area contributed by atoms with Crippen molar-refractivity contribution in [2.24, 2.45) is 0 Å². The Bertz CT molecular complexity index is 751. The van der Waals surface area contributed by atoms with E-state index in [2.05, 4.69) is 43.5 Å². The molecule has 4 nitrogen and oxygen atoms in total. The summed E-state index contributed by atoms with van der Waals surface area (Å²) in [5.74, 6) is 0. The molecule has 2 aromatic carbocycles. The van der Waals surface area contributed by atoms with Crippen LogP contribution in [-0.2, 0) is 0 Å². The van der Waals surface area contributed by atoms with Crippen LogP contribution in [0.25, 0.3) is 0 Å². The second kappa shape index (κ2) is 8.41. The second-order valence-electron chi connectivity index (χ2n) is 6.01. The molecule has 0 unspecified atom stereocenters. The van der Waals surface area contributed by atoms with Gasteiger partial charge in [0.2, 0.25) is 0 Å². The van der Waals surface area contributed by atoms with Gasteiger partial charge in [-0.25, -0.2) is 0 Å². The van der Waals surface area contributed by atoms with Gasteiger partial charge in [0.1, 0.15) is 11.4 Å². The molecule has 0 fully saturated rings. The number of aryl methyl sites for hydroxylation is 3. The van der Waals surface area contributed by atoms with Gasteiger partial charge in [0.05, 0.1) is 13.4 Å². The van der Waals surface area contributed by atoms with Gasteiger partial charge >= 0.3 is 0 Å². The molecule has 0 saturated carbocycles. The molecule has 0 aliphatic rings. The molecule has 0 aliphatic heterocycles. The molecule has 2 aromatic rings. The Kier molecular flexibility index (Phi) is 6.51. The maximum Gasteiger partial charge on any atom is 0.257 e. The van der Waals surface area contributed by atoms with Crippen molar-refractivity contribution >= 4 is 47.8 Å². The fourth-order valence-corrected chi connectivity index (χ4v) is 3.45. The van der Waals surface area contributed by atoms with Gasteiger partial charge in [0, 0.05) is 12.1 Å². The number of hydrogen-bond donors (Lipinski definition) is 1. The number of benzene rings is 2. The van der Waals surface area contributed by atoms with E-state index in [0.717, 1.165) is 22.0 Å². The van der Waals surface area contributed by atoms with Crippen LogP contribution >= 0.6 is 23.7 Å². The van der Waals surface area contributed by atoms with Gasteiger partial charge in [-0.15, -0.1) is 0 Å². The van der Waals surface area contributed by atoms with E-state index in [4.69, 9.17) is 17.0 Å². The van der Waals surface area contributed by atoms with Gasteiger partial charge in [-0.05, 0) is 56.2 Å². The molecule has 0 spiro atoms. The van der Waals surface area contributed by atoms with Crippen LogP contribution in [-0.4, -0.2) is 35.4 Å². The van der Waals surface area contributed by atoms with Crippen molar-refractivity contribution in [2.75, 3.05) is 14.1 Å². The number of nitrogens with zero attached hydrogens (tertiary/aromatic N) is 3. The smallest absolute Gasteiger partial charge is 0.257 e. The maximum absolute atomic E-state index is 7.34. The van der Waals surface area contributed by atoms with Crippen LogP contribution in [0.4, 0.5) is 11.4 Å². The van der Waals surface area contributed by atoms with Gasteiger partial charge in [0.25, 0.3) is 6.34 Å². The van der Waals surface area contributed by atoms with E-state index in [0.29, 0.717) is 0 Å². The molecule has 0 aromatic heterocycles. The Morgan fingerprint density at radius 2 is 1.56 bits per heavy atom. The van der Waals surface area contributed by atoms with Gasteiger partial charge in [-0.1, -0.05) is 29.3 Å². The lowest BCUT2D eigenvalue weighted by Crippen LogP contribution is -2.22. The van der Waals surface area contributed by atoms with E-state index >= 15 is 0 Å². The minimum absolute atomic E-state index is 0.730. The first-order valence-corrected chi connectivity index (χ1v) is 9.04. The van der Waals surface area contributed by atoms with Crippen molar-refractivity contribution in [1.29, 1.82) is 5.41 Å². The molecule has 132 valence electrons. The monoisotopic (exact) mass is 375 g/mol. The van der Waals surface area contributed by atoms with Gasteiger partial charge in [-0.3, -0.25) is 9.71 Å². The van der Waals surface area contributed by atoms with Crippen molar-refractivity contribution in [3.63, 3.8) is 0 Å². The maximum atomic E-state index is 7.34. The quantitative estimate of drug-likeness (QED) is 0.327. The standard InChI is InChI=1S/C19H24ClN4S/c1-14-6-8-18(15(2)10-14)24(13-23(5)25-22(4)12-21)19-9-7-17(20)11-16(19)3/h6-13,21H,1-5H3/q+1. The molecule has 0 atom stereocenters. The molecule has 25 heavy (non-hydrogen) atoms. The second-order valence-corrected chi connectivity index (χ2v) is 7.76. The Balaban J connectivity index is 2.56. The largest absolute Gasteiger partial charge is 0.291 e. The predicted octanol–water partition coefficient (Wildman–Crippen LogP) is 5.16. The summed E-state index contributed by atoms with van der Waals surface area (Å²) in [6.07, 6.45) is 3.31. The summed E-state index contributed by atoms with van der Waals surface area (Å²) in [6.45, 7) is 6.27. The summed E-state index contributed by atoms with van der Waals surface area (Å²) in [7, 11) is 3.81. The van der Waals surface area contributed by atoms with Crippen molar-refractivity contribution in [2.45, 2.75) is 20.8 Å². The number of halogens is 1. The van der Waals surface area contributed by atoms with E-state index in [1.165, 1.54) is 29.6 Å². The van der Waals surface area contributed by atoms with Crippen LogP contribution in [0.2, 0.25) is 5.02 Å². The molecule has 6 heteroatoms. The summed E-state index contributed by atoms with van der Waals surface area (Å²) in [6, 6.07) is 12.3. The highest BCUT2D eigenvalue weighted by molar-refractivity contribution is 7.95. The lowest BCUT2D eigenvalue weighted by Gasteiger charge is -2.16. The summed E-state index contributed by atoms with van der Waals surface area (Å²) in [5, 5.41) is 8.07. The van der Waals surface area contributed by atoms with Crippen LogP contribution in [0, 0.1) is 26.2 Å². The zero-order valence-corrected chi connectivity index (χ0v) is 16.8. The first-order valence-electron chi connectivity index (χ1n) is 7.94. The van der Waals surface area contributed by atoms with Crippen LogP contribution in [0.3, 0.4) is 0 Å². The fraction of sp³-hybridized carbons (Fsp3) is 0.263. The summed E-state index contributed by atoms with van der Waals surface area (Å²) in [4.78, 5) is 0. The van der Waals surface area contributed by atoms with Crippen molar-refractivity contribution in [1.82, 2.24) is 13.2 Å². The van der Waals surface area contributed by atoms with E-state index in [1.54, 1.807) is 4.31 Å². The number of nitrogens with one attached hydrogen (secondary N) is 1. The Morgan fingerprint density at radius 3 is 2.12 bits per heavy atom. The number of rotatable bonds is 6. The van der Waals surface area contributed by atoms with Crippen LogP contribution in [0.1, 0.15) is 16.7 Å². The highest BCUT2D eigenvalue weighted by Crippen LogP contribution is 2.29. The van der Waals surface area contributed by atoms with Gasteiger partial charge < -0.3 is 0 Å². The molecular weight excluding hydrogens is 352 g/mol. The predicted molar refractivity (Wildman–Crippen MR) is 112 cm³/mol. The van der Waals surface area contributed by atoms with Crippen molar-refractivity contribution in [3.05, 3.63) is 58.1 Å². The normalized spacial score (nSPS) is 11.4. The average molecular weight is 376 g/mol. The Hall–Kier alpha value is -1.98. The van der Waals surface area contributed by atoms with Crippen LogP contribution in [0.15, 0.2) is 36.4 Å². The third-order valence-electron chi connectivity index (χ3n) is 3.75. The third-order valence-corrected chi connectivity index (χ3v) is 4.70. The Morgan fingerprint density at radius 1 is 0.960 bits per heavy atom. The van der Waals surface area contributed by atoms with Crippen molar-refractivity contribution in [3.8, 4) is 0 Å². The zero-order chi connectivity index (χ0) is 18.6. The van der Waals surface area contributed by atoms with E-state index in [9.17, 15) is 0 Å². The van der Waals surface area contributed by atoms with E-state index in [1.807, 2.05) is 42.9 Å². The molecule has 0 aliphatic carbocycles. The SMILES string of the molecule is Cc1ccc([N+](=CN(C)SN(C)C=N)c2ccc(Cl)cc2C)c(C)c1. The summed E-state index contributed by atoms with van der Waals surface area (Å²) in [5.41, 5.74) is 5.72. The molecule has 0 saturated heterocycles. The molecular formula is C19H24ClN4S+. The van der Waals surface area contributed by atoms with Crippen molar-refractivity contribution < 1.29 is 0 Å². The number of hydrogen-bond acceptors (Lipinski definition) is 2. The molecule has 0 bridgehead atoms. The van der Waals surface area contributed by atoms with E-state index in [-0.39, 0.29) is 0 Å². The Labute approximate surface area is 159 Å². The lowest BCUT2D eigenvalue weighted by molar-refractivity contribution is 0.764. The minimum Gasteiger partial charge on any atom is -0.291 e. The molecule has 0 radical (unpaired) electrons. The molecule has 1 N–H and O–H groups in total. The van der Waals surface area contributed by atoms with E-state index < -0.39 is 0 Å². The van der Waals surface area contributed by atoms with Crippen LogP contribution in [0.5, 0.6) is 0 Å². The summed E-state index contributed by atoms with van der Waals surface area (Å²) < 4.78 is 5.86. The molecule has 0 heterocycles.